The van der Waals surface area contributed by atoms with Crippen molar-refractivity contribution in [1.29, 1.82) is 0 Å². The van der Waals surface area contributed by atoms with Crippen molar-refractivity contribution >= 4 is 16.8 Å². The minimum Gasteiger partial charge on any atom is -0.493 e. The summed E-state index contributed by atoms with van der Waals surface area (Å²) in [7, 11) is 0. The van der Waals surface area contributed by atoms with Crippen molar-refractivity contribution in [3.8, 4) is 28.4 Å². The Morgan fingerprint density at radius 2 is 2.00 bits per heavy atom. The monoisotopic (exact) mass is 372 g/mol. The topological polar surface area (TPSA) is 104 Å². The second-order valence-electron chi connectivity index (χ2n) is 6.71. The van der Waals surface area contributed by atoms with Crippen LogP contribution in [0.4, 0.5) is 0 Å². The van der Waals surface area contributed by atoms with E-state index in [1.165, 1.54) is 5.56 Å². The number of aromatic nitrogens is 3. The summed E-state index contributed by atoms with van der Waals surface area (Å²) in [6.45, 7) is 2.37. The van der Waals surface area contributed by atoms with E-state index in [9.17, 15) is 4.79 Å². The molecule has 0 unspecified atom stereocenters. The Hall–Kier alpha value is -3.74. The van der Waals surface area contributed by atoms with E-state index in [4.69, 9.17) is 20.0 Å². The smallest absolute Gasteiger partial charge is 0.254 e. The minimum absolute atomic E-state index is 0.284. The number of hydrogen-bond donors (Lipinski definition) is 1. The number of amides is 1. The highest BCUT2D eigenvalue weighted by Crippen LogP contribution is 2.31. The average Bonchev–Trinajstić information content (AvgIpc) is 3.32. The van der Waals surface area contributed by atoms with Crippen LogP contribution in [0.5, 0.6) is 5.75 Å². The zero-order valence-electron chi connectivity index (χ0n) is 15.1. The molecule has 7 nitrogen and oxygen atoms in total. The summed E-state index contributed by atoms with van der Waals surface area (Å²) in [5.74, 6) is 1.38. The van der Waals surface area contributed by atoms with Crippen LogP contribution in [-0.4, -0.2) is 27.6 Å². The molecule has 2 N–H and O–H groups in total. The summed E-state index contributed by atoms with van der Waals surface area (Å²) >= 11 is 0. The van der Waals surface area contributed by atoms with Crippen LogP contribution in [0.2, 0.25) is 0 Å². The average molecular weight is 372 g/mol. The van der Waals surface area contributed by atoms with Crippen molar-refractivity contribution in [2.45, 2.75) is 13.3 Å². The molecule has 1 aliphatic heterocycles. The van der Waals surface area contributed by atoms with Crippen LogP contribution in [0.15, 0.2) is 47.1 Å². The second kappa shape index (κ2) is 6.16. The number of aryl methyl sites for hydroxylation is 1. The quantitative estimate of drug-likeness (QED) is 0.592. The minimum atomic E-state index is -0.572. The Bertz CT molecular complexity index is 1250. The maximum absolute atomic E-state index is 11.8. The molecule has 5 rings (SSSR count). The Balaban J connectivity index is 1.61. The van der Waals surface area contributed by atoms with Gasteiger partial charge in [0.25, 0.3) is 5.91 Å². The van der Waals surface area contributed by atoms with E-state index in [-0.39, 0.29) is 5.56 Å². The zero-order chi connectivity index (χ0) is 19.3. The lowest BCUT2D eigenvalue weighted by Crippen LogP contribution is -2.12. The van der Waals surface area contributed by atoms with Gasteiger partial charge in [-0.25, -0.2) is 9.97 Å². The number of fused-ring (bicyclic) bond motifs is 2. The predicted molar refractivity (Wildman–Crippen MR) is 103 cm³/mol. The SMILES string of the molecule is Cc1onc(-c2ccc3cnc(-c4ccc5c(c4)CCO5)nc3c2)c1C(N)=O. The summed E-state index contributed by atoms with van der Waals surface area (Å²) < 4.78 is 10.7. The van der Waals surface area contributed by atoms with E-state index >= 15 is 0 Å². The molecular formula is C21H16N4O3. The third-order valence-corrected chi connectivity index (χ3v) is 4.91. The summed E-state index contributed by atoms with van der Waals surface area (Å²) in [6, 6.07) is 11.6. The first kappa shape index (κ1) is 16.4. The maximum atomic E-state index is 11.8. The van der Waals surface area contributed by atoms with Gasteiger partial charge in [-0.2, -0.15) is 0 Å². The van der Waals surface area contributed by atoms with Crippen molar-refractivity contribution in [3.63, 3.8) is 0 Å². The van der Waals surface area contributed by atoms with E-state index in [1.807, 2.05) is 30.3 Å². The zero-order valence-corrected chi connectivity index (χ0v) is 15.1. The number of rotatable bonds is 3. The van der Waals surface area contributed by atoms with Gasteiger partial charge in [0.2, 0.25) is 0 Å². The molecule has 1 aliphatic rings. The highest BCUT2D eigenvalue weighted by molar-refractivity contribution is 6.00. The molecule has 0 bridgehead atoms. The number of carbonyl (C=O) groups is 1. The van der Waals surface area contributed by atoms with Crippen LogP contribution >= 0.6 is 0 Å². The molecule has 0 saturated heterocycles. The molecule has 28 heavy (non-hydrogen) atoms. The van der Waals surface area contributed by atoms with Gasteiger partial charge in [-0.05, 0) is 36.8 Å². The fourth-order valence-electron chi connectivity index (χ4n) is 3.49. The first-order valence-corrected chi connectivity index (χ1v) is 8.89. The molecule has 2 aromatic carbocycles. The fourth-order valence-corrected chi connectivity index (χ4v) is 3.49. The molecule has 0 fully saturated rings. The van der Waals surface area contributed by atoms with E-state index in [0.717, 1.165) is 28.6 Å². The van der Waals surface area contributed by atoms with Crippen molar-refractivity contribution in [3.05, 3.63) is 59.5 Å². The van der Waals surface area contributed by atoms with Gasteiger partial charge in [-0.15, -0.1) is 0 Å². The third kappa shape index (κ3) is 2.60. The van der Waals surface area contributed by atoms with Crippen LogP contribution in [0, 0.1) is 6.92 Å². The molecule has 7 heteroatoms. The highest BCUT2D eigenvalue weighted by atomic mass is 16.5. The molecule has 0 aliphatic carbocycles. The lowest BCUT2D eigenvalue weighted by molar-refractivity contribution is 0.0999. The second-order valence-corrected chi connectivity index (χ2v) is 6.71. The van der Waals surface area contributed by atoms with Gasteiger partial charge in [0.1, 0.15) is 22.8 Å². The first-order valence-electron chi connectivity index (χ1n) is 8.89. The van der Waals surface area contributed by atoms with E-state index < -0.39 is 5.91 Å². The molecule has 0 saturated carbocycles. The molecule has 4 aromatic rings. The number of primary amides is 1. The molecule has 0 spiro atoms. The van der Waals surface area contributed by atoms with Crippen LogP contribution in [0.3, 0.4) is 0 Å². The largest absolute Gasteiger partial charge is 0.493 e. The van der Waals surface area contributed by atoms with Crippen molar-refractivity contribution in [2.75, 3.05) is 6.61 Å². The highest BCUT2D eigenvalue weighted by Gasteiger charge is 2.20. The summed E-state index contributed by atoms with van der Waals surface area (Å²) in [5, 5.41) is 4.89. The van der Waals surface area contributed by atoms with Crippen LogP contribution in [0.1, 0.15) is 21.7 Å². The number of nitrogens with zero attached hydrogens (tertiary/aromatic N) is 3. The summed E-state index contributed by atoms with van der Waals surface area (Å²) in [4.78, 5) is 21.0. The van der Waals surface area contributed by atoms with Crippen molar-refractivity contribution in [1.82, 2.24) is 15.1 Å². The molecule has 3 heterocycles. The molecule has 0 radical (unpaired) electrons. The molecule has 2 aromatic heterocycles. The Labute approximate surface area is 160 Å². The fraction of sp³-hybridized carbons (Fsp3) is 0.143. The third-order valence-electron chi connectivity index (χ3n) is 4.91. The van der Waals surface area contributed by atoms with Gasteiger partial charge in [-0.1, -0.05) is 17.3 Å². The van der Waals surface area contributed by atoms with E-state index in [1.54, 1.807) is 13.1 Å². The van der Waals surface area contributed by atoms with Gasteiger partial charge >= 0.3 is 0 Å². The Morgan fingerprint density at radius 3 is 2.86 bits per heavy atom. The summed E-state index contributed by atoms with van der Waals surface area (Å²) in [5.41, 5.74) is 9.74. The van der Waals surface area contributed by atoms with Crippen molar-refractivity contribution < 1.29 is 14.1 Å². The van der Waals surface area contributed by atoms with Crippen LogP contribution in [-0.2, 0) is 6.42 Å². The molecule has 1 amide bonds. The molecule has 0 atom stereocenters. The number of hydrogen-bond acceptors (Lipinski definition) is 6. The number of benzene rings is 2. The van der Waals surface area contributed by atoms with Gasteiger partial charge in [-0.3, -0.25) is 4.79 Å². The number of ether oxygens (including phenoxy) is 1. The number of carbonyl (C=O) groups excluding carboxylic acids is 1. The standard InChI is InChI=1S/C21H16N4O3/c1-11-18(20(22)26)19(25-28-11)13-2-3-15-10-23-21(24-16(15)9-13)14-4-5-17-12(8-14)6-7-27-17/h2-5,8-10H,6-7H2,1H3,(H2,22,26). The van der Waals surface area contributed by atoms with Crippen molar-refractivity contribution in [2.24, 2.45) is 5.73 Å². The molecular weight excluding hydrogens is 356 g/mol. The predicted octanol–water partition coefficient (Wildman–Crippen LogP) is 3.29. The van der Waals surface area contributed by atoms with E-state index in [2.05, 4.69) is 16.2 Å². The molecule has 138 valence electrons. The summed E-state index contributed by atoms with van der Waals surface area (Å²) in [6.07, 6.45) is 2.68. The normalized spacial score (nSPS) is 12.8. The first-order chi connectivity index (χ1) is 13.6. The van der Waals surface area contributed by atoms with Gasteiger partial charge in [0, 0.05) is 29.1 Å². The van der Waals surface area contributed by atoms with Gasteiger partial charge < -0.3 is 15.0 Å². The Morgan fingerprint density at radius 1 is 1.14 bits per heavy atom. The van der Waals surface area contributed by atoms with E-state index in [0.29, 0.717) is 29.4 Å². The lowest BCUT2D eigenvalue weighted by atomic mass is 10.0. The maximum Gasteiger partial charge on any atom is 0.254 e. The van der Waals surface area contributed by atoms with Gasteiger partial charge in [0.05, 0.1) is 12.1 Å². The lowest BCUT2D eigenvalue weighted by Gasteiger charge is -2.06. The van der Waals surface area contributed by atoms with Crippen LogP contribution in [0.25, 0.3) is 33.5 Å². The number of nitrogens with two attached hydrogens (primary N) is 1. The van der Waals surface area contributed by atoms with Crippen LogP contribution < -0.4 is 10.5 Å². The van der Waals surface area contributed by atoms with Gasteiger partial charge in [0.15, 0.2) is 5.82 Å². The Kier molecular flexibility index (Phi) is 3.61.